The van der Waals surface area contributed by atoms with Crippen LogP contribution in [-0.2, 0) is 6.54 Å². The monoisotopic (exact) mass is 243 g/mol. The lowest BCUT2D eigenvalue weighted by Crippen LogP contribution is -2.04. The molecule has 0 bridgehead atoms. The van der Waals surface area contributed by atoms with Gasteiger partial charge in [-0.15, -0.1) is 17.9 Å². The predicted octanol–water partition coefficient (Wildman–Crippen LogP) is 3.91. The van der Waals surface area contributed by atoms with E-state index in [0.29, 0.717) is 12.5 Å². The van der Waals surface area contributed by atoms with Crippen molar-refractivity contribution in [2.24, 2.45) is 5.73 Å². The third-order valence-corrected chi connectivity index (χ3v) is 3.90. The maximum atomic E-state index is 5.79. The molecule has 1 heterocycles. The Morgan fingerprint density at radius 2 is 2.00 bits per heavy atom. The SMILES string of the molecule is C=CCC(c1ccccc1)c1ccsc1CN. The number of allylic oxidation sites excluding steroid dienone is 1. The van der Waals surface area contributed by atoms with Gasteiger partial charge in [-0.3, -0.25) is 0 Å². The van der Waals surface area contributed by atoms with Crippen molar-refractivity contribution >= 4 is 11.3 Å². The van der Waals surface area contributed by atoms with Gasteiger partial charge >= 0.3 is 0 Å². The fourth-order valence-corrected chi connectivity index (χ4v) is 2.94. The summed E-state index contributed by atoms with van der Waals surface area (Å²) in [5.74, 6) is 0.387. The van der Waals surface area contributed by atoms with Crippen molar-refractivity contribution in [3.05, 3.63) is 70.4 Å². The number of rotatable bonds is 5. The Bertz CT molecular complexity index is 473. The first-order valence-corrected chi connectivity index (χ1v) is 6.67. The van der Waals surface area contributed by atoms with E-state index in [0.717, 1.165) is 6.42 Å². The van der Waals surface area contributed by atoms with Gasteiger partial charge in [-0.2, -0.15) is 0 Å². The molecule has 1 aromatic carbocycles. The molecule has 1 unspecified atom stereocenters. The van der Waals surface area contributed by atoms with Gasteiger partial charge in [0.25, 0.3) is 0 Å². The lowest BCUT2D eigenvalue weighted by molar-refractivity contribution is 0.820. The Kier molecular flexibility index (Phi) is 4.13. The number of hydrogen-bond acceptors (Lipinski definition) is 2. The van der Waals surface area contributed by atoms with Gasteiger partial charge in [-0.1, -0.05) is 36.4 Å². The molecular formula is C15H17NS. The molecule has 0 aliphatic heterocycles. The van der Waals surface area contributed by atoms with Crippen LogP contribution in [0.25, 0.3) is 0 Å². The van der Waals surface area contributed by atoms with E-state index in [2.05, 4.69) is 42.3 Å². The second-order valence-electron chi connectivity index (χ2n) is 3.99. The molecule has 0 spiro atoms. The minimum absolute atomic E-state index is 0.387. The van der Waals surface area contributed by atoms with Crippen molar-refractivity contribution in [3.63, 3.8) is 0 Å². The zero-order chi connectivity index (χ0) is 12.1. The van der Waals surface area contributed by atoms with Gasteiger partial charge in [0.05, 0.1) is 0 Å². The van der Waals surface area contributed by atoms with E-state index in [1.54, 1.807) is 11.3 Å². The second kappa shape index (κ2) is 5.80. The first-order valence-electron chi connectivity index (χ1n) is 5.79. The molecule has 2 rings (SSSR count). The van der Waals surface area contributed by atoms with Crippen molar-refractivity contribution in [2.45, 2.75) is 18.9 Å². The molecule has 0 fully saturated rings. The Balaban J connectivity index is 2.39. The Morgan fingerprint density at radius 3 is 2.65 bits per heavy atom. The van der Waals surface area contributed by atoms with Crippen LogP contribution in [0, 0.1) is 0 Å². The quantitative estimate of drug-likeness (QED) is 0.791. The van der Waals surface area contributed by atoms with E-state index in [1.807, 2.05) is 12.1 Å². The van der Waals surface area contributed by atoms with Gasteiger partial charge in [0.15, 0.2) is 0 Å². The highest BCUT2D eigenvalue weighted by atomic mass is 32.1. The first kappa shape index (κ1) is 12.1. The summed E-state index contributed by atoms with van der Waals surface area (Å²) >= 11 is 1.74. The molecule has 0 saturated heterocycles. The van der Waals surface area contributed by atoms with Crippen molar-refractivity contribution in [2.75, 3.05) is 0 Å². The van der Waals surface area contributed by atoms with Crippen molar-refractivity contribution in [3.8, 4) is 0 Å². The first-order chi connectivity index (χ1) is 8.36. The lowest BCUT2D eigenvalue weighted by atomic mass is 9.89. The minimum atomic E-state index is 0.387. The Morgan fingerprint density at radius 1 is 1.24 bits per heavy atom. The maximum absolute atomic E-state index is 5.79. The summed E-state index contributed by atoms with van der Waals surface area (Å²) in [7, 11) is 0. The predicted molar refractivity (Wildman–Crippen MR) is 75.3 cm³/mol. The van der Waals surface area contributed by atoms with Crippen LogP contribution < -0.4 is 5.73 Å². The molecule has 88 valence electrons. The van der Waals surface area contributed by atoms with Crippen LogP contribution in [-0.4, -0.2) is 0 Å². The smallest absolute Gasteiger partial charge is 0.0276 e. The third kappa shape index (κ3) is 2.65. The molecule has 0 aliphatic carbocycles. The average molecular weight is 243 g/mol. The fraction of sp³-hybridized carbons (Fsp3) is 0.200. The van der Waals surface area contributed by atoms with Crippen LogP contribution in [0.3, 0.4) is 0 Å². The van der Waals surface area contributed by atoms with Gasteiger partial charge in [0, 0.05) is 17.3 Å². The number of thiophene rings is 1. The second-order valence-corrected chi connectivity index (χ2v) is 4.99. The minimum Gasteiger partial charge on any atom is -0.326 e. The Labute approximate surface area is 107 Å². The molecule has 1 aromatic heterocycles. The largest absolute Gasteiger partial charge is 0.326 e. The maximum Gasteiger partial charge on any atom is 0.0276 e. The highest BCUT2D eigenvalue weighted by Gasteiger charge is 2.16. The van der Waals surface area contributed by atoms with E-state index in [-0.39, 0.29) is 0 Å². The lowest BCUT2D eigenvalue weighted by Gasteiger charge is -2.16. The molecule has 0 amide bonds. The van der Waals surface area contributed by atoms with Crippen LogP contribution in [0.1, 0.15) is 28.3 Å². The van der Waals surface area contributed by atoms with Crippen LogP contribution >= 0.6 is 11.3 Å². The summed E-state index contributed by atoms with van der Waals surface area (Å²) < 4.78 is 0. The molecule has 0 radical (unpaired) electrons. The van der Waals surface area contributed by atoms with Gasteiger partial charge in [-0.25, -0.2) is 0 Å². The van der Waals surface area contributed by atoms with E-state index in [9.17, 15) is 0 Å². The van der Waals surface area contributed by atoms with Crippen molar-refractivity contribution in [1.82, 2.24) is 0 Å². The van der Waals surface area contributed by atoms with Crippen LogP contribution in [0.4, 0.5) is 0 Å². The normalized spacial score (nSPS) is 12.3. The summed E-state index contributed by atoms with van der Waals surface area (Å²) in [6, 6.07) is 12.7. The van der Waals surface area contributed by atoms with Crippen LogP contribution in [0.15, 0.2) is 54.4 Å². The molecule has 0 aliphatic rings. The fourth-order valence-electron chi connectivity index (χ4n) is 2.12. The molecule has 2 N–H and O–H groups in total. The van der Waals surface area contributed by atoms with E-state index >= 15 is 0 Å². The Hall–Kier alpha value is -1.38. The van der Waals surface area contributed by atoms with Gasteiger partial charge in [-0.05, 0) is 29.0 Å². The van der Waals surface area contributed by atoms with Gasteiger partial charge < -0.3 is 5.73 Å². The molecule has 17 heavy (non-hydrogen) atoms. The highest BCUT2D eigenvalue weighted by molar-refractivity contribution is 7.10. The average Bonchev–Trinajstić information content (AvgIpc) is 2.85. The molecule has 2 aromatic rings. The topological polar surface area (TPSA) is 26.0 Å². The van der Waals surface area contributed by atoms with Gasteiger partial charge in [0.1, 0.15) is 0 Å². The molecular weight excluding hydrogens is 226 g/mol. The summed E-state index contributed by atoms with van der Waals surface area (Å²) in [4.78, 5) is 1.28. The molecule has 1 atom stereocenters. The zero-order valence-electron chi connectivity index (χ0n) is 9.80. The standard InChI is InChI=1S/C15H17NS/c1-2-6-13(12-7-4-3-5-8-12)14-9-10-17-15(14)11-16/h2-5,7-10,13H,1,6,11,16H2. The van der Waals surface area contributed by atoms with Gasteiger partial charge in [0.2, 0.25) is 0 Å². The summed E-state index contributed by atoms with van der Waals surface area (Å²) in [6.07, 6.45) is 2.93. The molecule has 2 heteroatoms. The van der Waals surface area contributed by atoms with Crippen molar-refractivity contribution < 1.29 is 0 Å². The summed E-state index contributed by atoms with van der Waals surface area (Å²) in [6.45, 7) is 4.48. The molecule has 0 saturated carbocycles. The van der Waals surface area contributed by atoms with E-state index in [1.165, 1.54) is 16.0 Å². The van der Waals surface area contributed by atoms with E-state index < -0.39 is 0 Å². The summed E-state index contributed by atoms with van der Waals surface area (Å²) in [5.41, 5.74) is 8.48. The van der Waals surface area contributed by atoms with Crippen LogP contribution in [0.2, 0.25) is 0 Å². The number of benzene rings is 1. The highest BCUT2D eigenvalue weighted by Crippen LogP contribution is 2.33. The zero-order valence-corrected chi connectivity index (χ0v) is 10.6. The summed E-state index contributed by atoms with van der Waals surface area (Å²) in [5, 5.41) is 2.12. The third-order valence-electron chi connectivity index (χ3n) is 2.94. The van der Waals surface area contributed by atoms with Crippen LogP contribution in [0.5, 0.6) is 0 Å². The van der Waals surface area contributed by atoms with Crippen molar-refractivity contribution in [1.29, 1.82) is 0 Å². The van der Waals surface area contributed by atoms with E-state index in [4.69, 9.17) is 5.73 Å². The number of hydrogen-bond donors (Lipinski definition) is 1. The molecule has 1 nitrogen and oxygen atoms in total. The number of nitrogens with two attached hydrogens (primary N) is 1.